The first kappa shape index (κ1) is 11.8. The first-order valence-electron chi connectivity index (χ1n) is 5.67. The molecular formula is C14H20O. The predicted octanol–water partition coefficient (Wildman–Crippen LogP) is 3.99. The lowest BCUT2D eigenvalue weighted by molar-refractivity contribution is 0.471. The van der Waals surface area contributed by atoms with Crippen LogP contribution < -0.4 is 0 Å². The van der Waals surface area contributed by atoms with Gasteiger partial charge in [-0.2, -0.15) is 0 Å². The molecular weight excluding hydrogens is 184 g/mol. The van der Waals surface area contributed by atoms with Crippen LogP contribution in [0, 0.1) is 6.92 Å². The lowest BCUT2D eigenvalue weighted by Crippen LogP contribution is -1.83. The third-order valence-corrected chi connectivity index (χ3v) is 2.51. The quantitative estimate of drug-likeness (QED) is 0.568. The number of unbranched alkanes of at least 4 members (excludes halogenated alkanes) is 2. The van der Waals surface area contributed by atoms with Crippen LogP contribution in [0.15, 0.2) is 30.4 Å². The van der Waals surface area contributed by atoms with E-state index in [9.17, 15) is 5.11 Å². The maximum atomic E-state index is 9.37. The van der Waals surface area contributed by atoms with E-state index in [4.69, 9.17) is 0 Å². The molecule has 0 atom stereocenters. The summed E-state index contributed by atoms with van der Waals surface area (Å²) in [5, 5.41) is 9.37. The van der Waals surface area contributed by atoms with E-state index in [1.807, 2.05) is 19.1 Å². The fourth-order valence-corrected chi connectivity index (χ4v) is 1.50. The number of aryl methyl sites for hydroxylation is 1. The minimum atomic E-state index is 0.383. The number of phenols is 1. The van der Waals surface area contributed by atoms with Gasteiger partial charge in [0, 0.05) is 0 Å². The second-order valence-electron chi connectivity index (χ2n) is 3.94. The Labute approximate surface area is 92.5 Å². The van der Waals surface area contributed by atoms with Crippen LogP contribution in [0.1, 0.15) is 37.3 Å². The van der Waals surface area contributed by atoms with Crippen LogP contribution in [0.3, 0.4) is 0 Å². The molecule has 0 bridgehead atoms. The van der Waals surface area contributed by atoms with E-state index < -0.39 is 0 Å². The molecule has 0 fully saturated rings. The molecule has 0 aliphatic carbocycles. The molecule has 1 rings (SSSR count). The van der Waals surface area contributed by atoms with Gasteiger partial charge in [-0.15, -0.1) is 0 Å². The normalized spacial score (nSPS) is 11.1. The molecule has 0 amide bonds. The number of hydrogen-bond acceptors (Lipinski definition) is 1. The Morgan fingerprint density at radius 3 is 2.73 bits per heavy atom. The van der Waals surface area contributed by atoms with Crippen molar-refractivity contribution in [3.8, 4) is 5.75 Å². The molecule has 0 spiro atoms. The molecule has 82 valence electrons. The largest absolute Gasteiger partial charge is 0.508 e. The van der Waals surface area contributed by atoms with Crippen molar-refractivity contribution in [1.29, 1.82) is 0 Å². The summed E-state index contributed by atoms with van der Waals surface area (Å²) >= 11 is 0. The number of aromatic hydroxyl groups is 1. The van der Waals surface area contributed by atoms with Gasteiger partial charge in [0.1, 0.15) is 5.75 Å². The van der Waals surface area contributed by atoms with Crippen LogP contribution in [0.2, 0.25) is 0 Å². The minimum Gasteiger partial charge on any atom is -0.508 e. The third kappa shape index (κ3) is 4.20. The standard InChI is InChI=1S/C14H20O/c1-3-4-5-6-7-8-13-9-10-14(15)12(2)11-13/h6-7,9-11,15H,3-5,8H2,1-2H3. The summed E-state index contributed by atoms with van der Waals surface area (Å²) in [5.74, 6) is 0.383. The van der Waals surface area contributed by atoms with E-state index in [0.29, 0.717) is 5.75 Å². The molecule has 0 radical (unpaired) electrons. The Morgan fingerprint density at radius 2 is 2.07 bits per heavy atom. The first-order chi connectivity index (χ1) is 7.24. The van der Waals surface area contributed by atoms with Gasteiger partial charge >= 0.3 is 0 Å². The highest BCUT2D eigenvalue weighted by Gasteiger charge is 1.95. The molecule has 0 heterocycles. The molecule has 1 aromatic rings. The number of hydrogen-bond donors (Lipinski definition) is 1. The van der Waals surface area contributed by atoms with E-state index in [0.717, 1.165) is 12.0 Å². The molecule has 1 nitrogen and oxygen atoms in total. The number of phenolic OH excluding ortho intramolecular Hbond substituents is 1. The van der Waals surface area contributed by atoms with Gasteiger partial charge in [-0.3, -0.25) is 0 Å². The van der Waals surface area contributed by atoms with Gasteiger partial charge in [0.2, 0.25) is 0 Å². The van der Waals surface area contributed by atoms with Crippen LogP contribution in [0.5, 0.6) is 5.75 Å². The van der Waals surface area contributed by atoms with E-state index in [2.05, 4.69) is 19.1 Å². The molecule has 15 heavy (non-hydrogen) atoms. The number of rotatable bonds is 5. The summed E-state index contributed by atoms with van der Waals surface area (Å²) in [6.07, 6.45) is 9.11. The Morgan fingerprint density at radius 1 is 1.27 bits per heavy atom. The molecule has 0 aromatic heterocycles. The molecule has 0 saturated heterocycles. The van der Waals surface area contributed by atoms with Gasteiger partial charge in [0.15, 0.2) is 0 Å². The van der Waals surface area contributed by atoms with Crippen molar-refractivity contribution in [2.75, 3.05) is 0 Å². The van der Waals surface area contributed by atoms with Crippen molar-refractivity contribution in [2.24, 2.45) is 0 Å². The van der Waals surface area contributed by atoms with Crippen molar-refractivity contribution in [2.45, 2.75) is 39.5 Å². The molecule has 0 aliphatic rings. The van der Waals surface area contributed by atoms with E-state index in [-0.39, 0.29) is 0 Å². The highest BCUT2D eigenvalue weighted by atomic mass is 16.3. The van der Waals surface area contributed by atoms with Gasteiger partial charge < -0.3 is 5.11 Å². The van der Waals surface area contributed by atoms with Crippen LogP contribution in [0.25, 0.3) is 0 Å². The maximum Gasteiger partial charge on any atom is 0.118 e. The first-order valence-corrected chi connectivity index (χ1v) is 5.67. The second kappa shape index (κ2) is 6.28. The highest BCUT2D eigenvalue weighted by molar-refractivity contribution is 5.35. The van der Waals surface area contributed by atoms with Crippen LogP contribution in [0.4, 0.5) is 0 Å². The smallest absolute Gasteiger partial charge is 0.118 e. The lowest BCUT2D eigenvalue weighted by atomic mass is 10.1. The molecule has 1 aromatic carbocycles. The zero-order valence-corrected chi connectivity index (χ0v) is 9.66. The fraction of sp³-hybridized carbons (Fsp3) is 0.429. The molecule has 0 unspecified atom stereocenters. The van der Waals surface area contributed by atoms with Gasteiger partial charge in [0.25, 0.3) is 0 Å². The van der Waals surface area contributed by atoms with E-state index in [1.54, 1.807) is 6.07 Å². The average molecular weight is 204 g/mol. The van der Waals surface area contributed by atoms with Gasteiger partial charge in [0.05, 0.1) is 0 Å². The Bertz CT molecular complexity index is 326. The zero-order valence-electron chi connectivity index (χ0n) is 9.66. The van der Waals surface area contributed by atoms with Crippen LogP contribution in [-0.2, 0) is 6.42 Å². The summed E-state index contributed by atoms with van der Waals surface area (Å²) < 4.78 is 0. The minimum absolute atomic E-state index is 0.383. The van der Waals surface area contributed by atoms with Crippen molar-refractivity contribution < 1.29 is 5.11 Å². The van der Waals surface area contributed by atoms with Crippen molar-refractivity contribution in [1.82, 2.24) is 0 Å². The Hall–Kier alpha value is -1.24. The predicted molar refractivity (Wildman–Crippen MR) is 65.2 cm³/mol. The van der Waals surface area contributed by atoms with E-state index >= 15 is 0 Å². The van der Waals surface area contributed by atoms with Gasteiger partial charge in [-0.05, 0) is 37.0 Å². The highest BCUT2D eigenvalue weighted by Crippen LogP contribution is 2.17. The zero-order chi connectivity index (χ0) is 11.1. The topological polar surface area (TPSA) is 20.2 Å². The third-order valence-electron chi connectivity index (χ3n) is 2.51. The molecule has 1 N–H and O–H groups in total. The van der Waals surface area contributed by atoms with Gasteiger partial charge in [-0.25, -0.2) is 0 Å². The summed E-state index contributed by atoms with van der Waals surface area (Å²) in [4.78, 5) is 0. The summed E-state index contributed by atoms with van der Waals surface area (Å²) in [6, 6.07) is 5.79. The summed E-state index contributed by atoms with van der Waals surface area (Å²) in [7, 11) is 0. The molecule has 0 saturated carbocycles. The second-order valence-corrected chi connectivity index (χ2v) is 3.94. The number of benzene rings is 1. The van der Waals surface area contributed by atoms with Crippen LogP contribution in [-0.4, -0.2) is 5.11 Å². The van der Waals surface area contributed by atoms with Crippen LogP contribution >= 0.6 is 0 Å². The van der Waals surface area contributed by atoms with Crippen molar-refractivity contribution in [3.05, 3.63) is 41.5 Å². The summed E-state index contributed by atoms with van der Waals surface area (Å²) in [5.41, 5.74) is 2.22. The lowest BCUT2D eigenvalue weighted by Gasteiger charge is -2.01. The Balaban J connectivity index is 2.44. The molecule has 1 heteroatoms. The van der Waals surface area contributed by atoms with E-state index in [1.165, 1.54) is 24.8 Å². The van der Waals surface area contributed by atoms with Gasteiger partial charge in [-0.1, -0.05) is 44.1 Å². The SMILES string of the molecule is CCCCC=CCc1ccc(O)c(C)c1. The molecule has 0 aliphatic heterocycles. The fourth-order valence-electron chi connectivity index (χ4n) is 1.50. The monoisotopic (exact) mass is 204 g/mol. The Kier molecular flexibility index (Phi) is 4.96. The van der Waals surface area contributed by atoms with Crippen molar-refractivity contribution >= 4 is 0 Å². The maximum absolute atomic E-state index is 9.37. The average Bonchev–Trinajstić information content (AvgIpc) is 2.23. The number of allylic oxidation sites excluding steroid dienone is 2. The summed E-state index contributed by atoms with van der Waals surface area (Å²) in [6.45, 7) is 4.14. The van der Waals surface area contributed by atoms with Crippen molar-refractivity contribution in [3.63, 3.8) is 0 Å².